The van der Waals surface area contributed by atoms with Gasteiger partial charge in [-0.3, -0.25) is 9.80 Å². The molecule has 5 aromatic rings. The minimum atomic E-state index is -0.529. The predicted molar refractivity (Wildman–Crippen MR) is 149 cm³/mol. The number of ether oxygens (including phenoxy) is 1. The van der Waals surface area contributed by atoms with Crippen LogP contribution in [0.3, 0.4) is 0 Å². The zero-order chi connectivity index (χ0) is 25.2. The minimum Gasteiger partial charge on any atom is -0.497 e. The van der Waals surface area contributed by atoms with Crippen LogP contribution in [-0.4, -0.2) is 57.6 Å². The van der Waals surface area contributed by atoms with E-state index in [4.69, 9.17) is 9.72 Å². The summed E-state index contributed by atoms with van der Waals surface area (Å²) in [5.74, 6) is 0.821. The van der Waals surface area contributed by atoms with Gasteiger partial charge in [0.1, 0.15) is 17.6 Å². The molecule has 37 heavy (non-hydrogen) atoms. The molecule has 0 bridgehead atoms. The molecule has 0 radical (unpaired) electrons. The van der Waals surface area contributed by atoms with Gasteiger partial charge in [-0.05, 0) is 46.8 Å². The molecule has 3 aromatic heterocycles. The van der Waals surface area contributed by atoms with Crippen LogP contribution in [0.2, 0.25) is 0 Å². The van der Waals surface area contributed by atoms with E-state index in [0.717, 1.165) is 71.5 Å². The Kier molecular flexibility index (Phi) is 6.76. The summed E-state index contributed by atoms with van der Waals surface area (Å²) in [5.41, 5.74) is 6.46. The van der Waals surface area contributed by atoms with E-state index in [9.17, 15) is 5.11 Å². The first-order chi connectivity index (χ1) is 18.2. The lowest BCUT2D eigenvalue weighted by Gasteiger charge is -2.36. The molecule has 1 atom stereocenters. The number of pyridine rings is 1. The molecular formula is C30H30N4O2S. The highest BCUT2D eigenvalue weighted by molar-refractivity contribution is 7.10. The molecular weight excluding hydrogens is 480 g/mol. The van der Waals surface area contributed by atoms with E-state index in [0.29, 0.717) is 0 Å². The van der Waals surface area contributed by atoms with Gasteiger partial charge in [0.05, 0.1) is 18.5 Å². The van der Waals surface area contributed by atoms with Gasteiger partial charge in [-0.25, -0.2) is 4.98 Å². The zero-order valence-electron chi connectivity index (χ0n) is 20.8. The quantitative estimate of drug-likeness (QED) is 0.311. The van der Waals surface area contributed by atoms with E-state index in [2.05, 4.69) is 68.9 Å². The summed E-state index contributed by atoms with van der Waals surface area (Å²) >= 11 is 1.61. The molecule has 4 heterocycles. The number of thiophene rings is 1. The fourth-order valence-corrected chi connectivity index (χ4v) is 5.79. The van der Waals surface area contributed by atoms with Gasteiger partial charge in [-0.2, -0.15) is 0 Å². The Labute approximate surface area is 221 Å². The third-order valence-electron chi connectivity index (χ3n) is 7.09. The molecule has 1 N–H and O–H groups in total. The average Bonchev–Trinajstić information content (AvgIpc) is 3.62. The van der Waals surface area contributed by atoms with Crippen LogP contribution < -0.4 is 4.74 Å². The van der Waals surface area contributed by atoms with Crippen LogP contribution in [-0.2, 0) is 6.54 Å². The maximum atomic E-state index is 10.8. The second-order valence-corrected chi connectivity index (χ2v) is 10.3. The number of piperazine rings is 1. The maximum Gasteiger partial charge on any atom is 0.142 e. The van der Waals surface area contributed by atoms with Gasteiger partial charge in [0.25, 0.3) is 0 Å². The minimum absolute atomic E-state index is 0.529. The molecule has 188 valence electrons. The fraction of sp³-hybridized carbons (Fsp3) is 0.233. The zero-order valence-corrected chi connectivity index (χ0v) is 21.6. The monoisotopic (exact) mass is 510 g/mol. The van der Waals surface area contributed by atoms with Crippen molar-refractivity contribution in [3.05, 3.63) is 101 Å². The van der Waals surface area contributed by atoms with Gasteiger partial charge in [0, 0.05) is 49.4 Å². The van der Waals surface area contributed by atoms with Gasteiger partial charge in [-0.15, -0.1) is 11.3 Å². The Balaban J connectivity index is 1.33. The number of aromatic nitrogens is 2. The van der Waals surface area contributed by atoms with Gasteiger partial charge in [0.2, 0.25) is 0 Å². The largest absolute Gasteiger partial charge is 0.497 e. The first-order valence-electron chi connectivity index (χ1n) is 12.6. The Hall–Kier alpha value is -3.49. The maximum absolute atomic E-state index is 10.8. The highest BCUT2D eigenvalue weighted by atomic mass is 32.1. The number of imidazole rings is 1. The van der Waals surface area contributed by atoms with Crippen molar-refractivity contribution in [3.8, 4) is 28.1 Å². The lowest BCUT2D eigenvalue weighted by molar-refractivity contribution is -0.0265. The summed E-state index contributed by atoms with van der Waals surface area (Å²) in [6.45, 7) is 4.17. The average molecular weight is 511 g/mol. The van der Waals surface area contributed by atoms with Crippen molar-refractivity contribution in [2.24, 2.45) is 0 Å². The number of aliphatic hydroxyl groups excluding tert-OH is 1. The molecule has 2 aromatic carbocycles. The second-order valence-electron chi connectivity index (χ2n) is 9.35. The molecule has 1 aliphatic rings. The van der Waals surface area contributed by atoms with Crippen LogP contribution in [0.4, 0.5) is 0 Å². The lowest BCUT2D eigenvalue weighted by Crippen LogP contribution is -2.47. The number of nitrogens with zero attached hydrogens (tertiary/aromatic N) is 4. The summed E-state index contributed by atoms with van der Waals surface area (Å²) in [5, 5.41) is 12.8. The van der Waals surface area contributed by atoms with Crippen LogP contribution in [0.5, 0.6) is 5.75 Å². The van der Waals surface area contributed by atoms with Crippen LogP contribution >= 0.6 is 11.3 Å². The summed E-state index contributed by atoms with van der Waals surface area (Å²) in [6, 6.07) is 26.8. The Morgan fingerprint density at radius 1 is 0.892 bits per heavy atom. The van der Waals surface area contributed by atoms with Crippen LogP contribution in [0.15, 0.2) is 90.4 Å². The highest BCUT2D eigenvalue weighted by Crippen LogP contribution is 2.31. The lowest BCUT2D eigenvalue weighted by atomic mass is 10.1. The van der Waals surface area contributed by atoms with Crippen molar-refractivity contribution < 1.29 is 9.84 Å². The standard InChI is InChI=1S/C30H30N4O2S/c1-36-25-10-5-9-23(19-25)29-26(21-32-14-16-33(17-15-32)30(35)27-11-6-18-37-27)34-20-24(12-13-28(34)31-29)22-7-3-2-4-8-22/h2-13,18-20,30,35H,14-17,21H2,1H3. The number of rotatable bonds is 7. The van der Waals surface area contributed by atoms with E-state index in [1.807, 2.05) is 35.7 Å². The number of benzene rings is 2. The molecule has 0 spiro atoms. The van der Waals surface area contributed by atoms with E-state index >= 15 is 0 Å². The molecule has 1 unspecified atom stereocenters. The summed E-state index contributed by atoms with van der Waals surface area (Å²) < 4.78 is 7.75. The van der Waals surface area contributed by atoms with Gasteiger partial charge in [-0.1, -0.05) is 48.5 Å². The van der Waals surface area contributed by atoms with E-state index in [1.54, 1.807) is 18.4 Å². The molecule has 6 rings (SSSR count). The first kappa shape index (κ1) is 23.9. The van der Waals surface area contributed by atoms with Gasteiger partial charge in [0.15, 0.2) is 0 Å². The smallest absolute Gasteiger partial charge is 0.142 e. The third kappa shape index (κ3) is 4.91. The van der Waals surface area contributed by atoms with Crippen molar-refractivity contribution in [1.82, 2.24) is 19.2 Å². The number of fused-ring (bicyclic) bond motifs is 1. The molecule has 6 nitrogen and oxygen atoms in total. The summed E-state index contributed by atoms with van der Waals surface area (Å²) in [7, 11) is 1.69. The van der Waals surface area contributed by atoms with Crippen molar-refractivity contribution in [2.75, 3.05) is 33.3 Å². The van der Waals surface area contributed by atoms with E-state index in [-0.39, 0.29) is 0 Å². The number of hydrogen-bond acceptors (Lipinski definition) is 6. The Morgan fingerprint density at radius 3 is 2.46 bits per heavy atom. The SMILES string of the molecule is COc1cccc(-c2nc3ccc(-c4ccccc4)cn3c2CN2CCN(C(O)c3cccs3)CC2)c1. The Morgan fingerprint density at radius 2 is 1.70 bits per heavy atom. The first-order valence-corrected chi connectivity index (χ1v) is 13.5. The van der Waals surface area contributed by atoms with E-state index < -0.39 is 6.23 Å². The van der Waals surface area contributed by atoms with E-state index in [1.165, 1.54) is 5.56 Å². The molecule has 0 aliphatic carbocycles. The molecule has 1 saturated heterocycles. The summed E-state index contributed by atoms with van der Waals surface area (Å²) in [4.78, 5) is 10.7. The topological polar surface area (TPSA) is 53.2 Å². The van der Waals surface area contributed by atoms with Crippen LogP contribution in [0.1, 0.15) is 16.8 Å². The molecule has 0 amide bonds. The normalized spacial score (nSPS) is 15.7. The molecule has 1 fully saturated rings. The van der Waals surface area contributed by atoms with Crippen molar-refractivity contribution in [1.29, 1.82) is 0 Å². The van der Waals surface area contributed by atoms with Gasteiger partial charge >= 0.3 is 0 Å². The van der Waals surface area contributed by atoms with Crippen molar-refractivity contribution in [2.45, 2.75) is 12.8 Å². The van der Waals surface area contributed by atoms with Crippen molar-refractivity contribution in [3.63, 3.8) is 0 Å². The fourth-order valence-electron chi connectivity index (χ4n) is 5.04. The predicted octanol–water partition coefficient (Wildman–Crippen LogP) is 5.55. The second kappa shape index (κ2) is 10.5. The molecule has 0 saturated carbocycles. The molecule has 1 aliphatic heterocycles. The number of aliphatic hydroxyl groups is 1. The summed E-state index contributed by atoms with van der Waals surface area (Å²) in [6.07, 6.45) is 1.67. The van der Waals surface area contributed by atoms with Crippen LogP contribution in [0.25, 0.3) is 28.0 Å². The highest BCUT2D eigenvalue weighted by Gasteiger charge is 2.26. The number of methoxy groups -OCH3 is 1. The van der Waals surface area contributed by atoms with Gasteiger partial charge < -0.3 is 14.2 Å². The van der Waals surface area contributed by atoms with Crippen LogP contribution in [0, 0.1) is 0 Å². The van der Waals surface area contributed by atoms with Crippen molar-refractivity contribution >= 4 is 17.0 Å². The third-order valence-corrected chi connectivity index (χ3v) is 8.00. The molecule has 7 heteroatoms. The number of hydrogen-bond donors (Lipinski definition) is 1. The Bertz CT molecular complexity index is 1470.